The van der Waals surface area contributed by atoms with Crippen LogP contribution in [0.2, 0.25) is 16.6 Å². The summed E-state index contributed by atoms with van der Waals surface area (Å²) in [4.78, 5) is 2.59. The molecule has 1 unspecified atom stereocenters. The first-order valence-electron chi connectivity index (χ1n) is 10.4. The van der Waals surface area contributed by atoms with E-state index in [1.807, 2.05) is 0 Å². The van der Waals surface area contributed by atoms with Crippen LogP contribution in [0.4, 0.5) is 5.69 Å². The number of nitrogens with one attached hydrogen (secondary N) is 1. The molecule has 4 heteroatoms. The van der Waals surface area contributed by atoms with Gasteiger partial charge in [-0.1, -0.05) is 47.6 Å². The van der Waals surface area contributed by atoms with Crippen LogP contribution in [0.25, 0.3) is 10.9 Å². The second-order valence-corrected chi connectivity index (χ2v) is 14.7. The van der Waals surface area contributed by atoms with Crippen molar-refractivity contribution in [2.75, 3.05) is 24.5 Å². The highest BCUT2D eigenvalue weighted by Crippen LogP contribution is 2.45. The zero-order valence-corrected chi connectivity index (χ0v) is 18.7. The Kier molecular flexibility index (Phi) is 5.55. The van der Waals surface area contributed by atoms with E-state index in [4.69, 9.17) is 0 Å². The summed E-state index contributed by atoms with van der Waals surface area (Å²) < 4.78 is 2.73. The molecule has 1 aromatic heterocycles. The molecule has 0 amide bonds. The smallest absolute Gasteiger partial charge is 0.169 e. The molecule has 0 aliphatic carbocycles. The quantitative estimate of drug-likeness (QED) is 0.704. The van der Waals surface area contributed by atoms with Crippen molar-refractivity contribution in [1.29, 1.82) is 0 Å². The van der Waals surface area contributed by atoms with Crippen LogP contribution < -0.4 is 10.2 Å². The second kappa shape index (κ2) is 7.39. The van der Waals surface area contributed by atoms with Gasteiger partial charge >= 0.3 is 0 Å². The predicted molar refractivity (Wildman–Crippen MR) is 118 cm³/mol. The van der Waals surface area contributed by atoms with Crippen LogP contribution >= 0.6 is 0 Å². The number of benzene rings is 1. The van der Waals surface area contributed by atoms with Gasteiger partial charge in [-0.25, -0.2) is 0 Å². The Labute approximate surface area is 160 Å². The Balaban J connectivity index is 2.19. The predicted octanol–water partition coefficient (Wildman–Crippen LogP) is 5.46. The molecule has 1 N–H and O–H groups in total. The molecule has 0 saturated carbocycles. The number of nitrogens with zero attached hydrogens (tertiary/aromatic N) is 2. The lowest BCUT2D eigenvalue weighted by atomic mass is 10.1. The van der Waals surface area contributed by atoms with E-state index in [2.05, 4.69) is 93.4 Å². The summed E-state index contributed by atoms with van der Waals surface area (Å²) in [5.41, 5.74) is 4.98. The number of fused-ring (bicyclic) bond motifs is 1. The van der Waals surface area contributed by atoms with Gasteiger partial charge in [0.2, 0.25) is 0 Å². The summed E-state index contributed by atoms with van der Waals surface area (Å²) in [5, 5.41) is 4.95. The first-order valence-corrected chi connectivity index (χ1v) is 12.6. The van der Waals surface area contributed by atoms with E-state index in [1.54, 1.807) is 0 Å². The number of anilines is 1. The molecule has 3 rings (SSSR count). The van der Waals surface area contributed by atoms with Gasteiger partial charge in [0.25, 0.3) is 0 Å². The van der Waals surface area contributed by atoms with Crippen LogP contribution in [0, 0.1) is 0 Å². The Hall–Kier alpha value is -1.26. The highest BCUT2D eigenvalue weighted by atomic mass is 28.3. The van der Waals surface area contributed by atoms with Crippen molar-refractivity contribution in [3.63, 3.8) is 0 Å². The topological polar surface area (TPSA) is 20.2 Å². The van der Waals surface area contributed by atoms with E-state index in [0.29, 0.717) is 22.7 Å². The minimum Gasteiger partial charge on any atom is -0.373 e. The van der Waals surface area contributed by atoms with Crippen LogP contribution in [-0.4, -0.2) is 38.1 Å². The SMILES string of the molecule is CC1CNCCN1c1cccc2c1ccn2[Si](C(C)C)(C(C)C)C(C)C. The molecule has 1 aliphatic heterocycles. The van der Waals surface area contributed by atoms with Crippen LogP contribution in [0.5, 0.6) is 0 Å². The van der Waals surface area contributed by atoms with Crippen molar-refractivity contribution in [2.45, 2.75) is 71.1 Å². The van der Waals surface area contributed by atoms with Gasteiger partial charge in [-0.05, 0) is 47.9 Å². The van der Waals surface area contributed by atoms with Crippen LogP contribution in [0.15, 0.2) is 30.5 Å². The summed E-state index contributed by atoms with van der Waals surface area (Å²) in [7, 11) is -1.72. The molecule has 1 atom stereocenters. The third-order valence-electron chi connectivity index (χ3n) is 6.71. The van der Waals surface area contributed by atoms with Crippen molar-refractivity contribution in [3.05, 3.63) is 30.5 Å². The second-order valence-electron chi connectivity index (χ2n) is 8.99. The average molecular weight is 372 g/mol. The van der Waals surface area contributed by atoms with Gasteiger partial charge in [0, 0.05) is 42.3 Å². The van der Waals surface area contributed by atoms with Crippen molar-refractivity contribution in [1.82, 2.24) is 9.55 Å². The lowest BCUT2D eigenvalue weighted by molar-refractivity contribution is 0.502. The largest absolute Gasteiger partial charge is 0.373 e. The summed E-state index contributed by atoms with van der Waals surface area (Å²) in [6, 6.07) is 9.86. The Morgan fingerprint density at radius 3 is 2.23 bits per heavy atom. The van der Waals surface area contributed by atoms with Crippen LogP contribution in [0.3, 0.4) is 0 Å². The van der Waals surface area contributed by atoms with E-state index in [-0.39, 0.29) is 0 Å². The number of hydrogen-bond donors (Lipinski definition) is 1. The van der Waals surface area contributed by atoms with Gasteiger partial charge in [-0.2, -0.15) is 0 Å². The number of rotatable bonds is 5. The monoisotopic (exact) mass is 371 g/mol. The van der Waals surface area contributed by atoms with Gasteiger partial charge in [-0.3, -0.25) is 0 Å². The minimum absolute atomic E-state index is 0.542. The molecule has 2 aromatic rings. The molecule has 0 bridgehead atoms. The molecule has 1 aliphatic rings. The zero-order valence-electron chi connectivity index (χ0n) is 17.7. The van der Waals surface area contributed by atoms with Crippen molar-refractivity contribution in [2.24, 2.45) is 0 Å². The maximum absolute atomic E-state index is 3.52. The van der Waals surface area contributed by atoms with Gasteiger partial charge < -0.3 is 14.4 Å². The van der Waals surface area contributed by atoms with Crippen molar-refractivity contribution >= 4 is 24.8 Å². The highest BCUT2D eigenvalue weighted by Gasteiger charge is 2.45. The summed E-state index contributed by atoms with van der Waals surface area (Å²) in [6.07, 6.45) is 2.41. The van der Waals surface area contributed by atoms with Gasteiger partial charge in [0.05, 0.1) is 0 Å². The molecule has 3 nitrogen and oxygen atoms in total. The fraction of sp³-hybridized carbons (Fsp3) is 0.636. The molecule has 144 valence electrons. The summed E-state index contributed by atoms with van der Waals surface area (Å²) >= 11 is 0. The molecule has 0 radical (unpaired) electrons. The number of hydrogen-bond acceptors (Lipinski definition) is 2. The van der Waals surface area contributed by atoms with Crippen LogP contribution in [0.1, 0.15) is 48.5 Å². The average Bonchev–Trinajstić information content (AvgIpc) is 2.99. The van der Waals surface area contributed by atoms with Gasteiger partial charge in [0.1, 0.15) is 0 Å². The molecule has 1 aromatic carbocycles. The zero-order chi connectivity index (χ0) is 19.1. The third-order valence-corrected chi connectivity index (χ3v) is 13.5. The maximum Gasteiger partial charge on any atom is 0.169 e. The Morgan fingerprint density at radius 1 is 1.00 bits per heavy atom. The maximum atomic E-state index is 3.52. The van der Waals surface area contributed by atoms with E-state index in [1.165, 1.54) is 16.6 Å². The number of aromatic nitrogens is 1. The Morgan fingerprint density at radius 2 is 1.65 bits per heavy atom. The summed E-state index contributed by atoms with van der Waals surface area (Å²) in [6.45, 7) is 20.2. The molecule has 1 fully saturated rings. The van der Waals surface area contributed by atoms with Crippen LogP contribution in [-0.2, 0) is 0 Å². The first-order chi connectivity index (χ1) is 12.3. The minimum atomic E-state index is -1.72. The van der Waals surface area contributed by atoms with E-state index in [0.717, 1.165) is 19.6 Å². The van der Waals surface area contributed by atoms with Crippen molar-refractivity contribution < 1.29 is 0 Å². The van der Waals surface area contributed by atoms with E-state index >= 15 is 0 Å². The molecule has 26 heavy (non-hydrogen) atoms. The Bertz CT molecular complexity index is 725. The lowest BCUT2D eigenvalue weighted by Crippen LogP contribution is -2.51. The standard InChI is InChI=1S/C22H37N3Si/c1-16(2)26(17(3)4,18(5)6)25-13-11-20-21(9-8-10-22(20)25)24-14-12-23-15-19(24)7/h8-11,13,16-19,23H,12,14-15H2,1-7H3. The first kappa shape index (κ1) is 19.5. The van der Waals surface area contributed by atoms with E-state index < -0.39 is 8.24 Å². The summed E-state index contributed by atoms with van der Waals surface area (Å²) in [5.74, 6) is 0. The third kappa shape index (κ3) is 2.91. The molecule has 0 spiro atoms. The molecule has 2 heterocycles. The lowest BCUT2D eigenvalue weighted by Gasteiger charge is -2.44. The van der Waals surface area contributed by atoms with Crippen molar-refractivity contribution in [3.8, 4) is 0 Å². The molecular formula is C22H37N3Si. The molecular weight excluding hydrogens is 334 g/mol. The fourth-order valence-electron chi connectivity index (χ4n) is 5.77. The molecule has 1 saturated heterocycles. The van der Waals surface area contributed by atoms with Gasteiger partial charge in [-0.15, -0.1) is 0 Å². The fourth-order valence-corrected chi connectivity index (χ4v) is 12.4. The normalized spacial score (nSPS) is 19.3. The number of piperazine rings is 1. The highest BCUT2D eigenvalue weighted by molar-refractivity contribution is 6.82. The van der Waals surface area contributed by atoms with E-state index in [9.17, 15) is 0 Å². The van der Waals surface area contributed by atoms with Gasteiger partial charge in [0.15, 0.2) is 8.24 Å².